The second kappa shape index (κ2) is 13.9. The summed E-state index contributed by atoms with van der Waals surface area (Å²) >= 11 is 12.0. The Labute approximate surface area is 246 Å². The zero-order valence-electron chi connectivity index (χ0n) is 23.2. The molecule has 1 amide bonds. The summed E-state index contributed by atoms with van der Waals surface area (Å²) in [6.45, 7) is 7.53. The molecule has 0 atom stereocenters. The van der Waals surface area contributed by atoms with Gasteiger partial charge in [0.15, 0.2) is 0 Å². The number of ketones is 1. The Hall–Kier alpha value is -2.50. The van der Waals surface area contributed by atoms with Gasteiger partial charge in [-0.3, -0.25) is 14.7 Å². The molecule has 0 radical (unpaired) electrons. The van der Waals surface area contributed by atoms with E-state index in [1.54, 1.807) is 4.90 Å². The van der Waals surface area contributed by atoms with Gasteiger partial charge in [-0.15, -0.1) is 0 Å². The zero-order chi connectivity index (χ0) is 29.5. The van der Waals surface area contributed by atoms with Gasteiger partial charge in [-0.25, -0.2) is 17.5 Å². The quantitative estimate of drug-likeness (QED) is 0.346. The fraction of sp³-hybridized carbons (Fsp3) is 0.464. The molecule has 40 heavy (non-hydrogen) atoms. The first-order valence-electron chi connectivity index (χ1n) is 13.1. The van der Waals surface area contributed by atoms with E-state index in [4.69, 9.17) is 27.9 Å². The number of nitrogens with one attached hydrogen (secondary N) is 1. The van der Waals surface area contributed by atoms with Crippen molar-refractivity contribution in [3.63, 3.8) is 0 Å². The molecule has 2 aromatic carbocycles. The van der Waals surface area contributed by atoms with Gasteiger partial charge in [0.1, 0.15) is 22.1 Å². The zero-order valence-corrected chi connectivity index (χ0v) is 25.6. The van der Waals surface area contributed by atoms with Crippen LogP contribution in [-0.2, 0) is 26.0 Å². The maximum Gasteiger partial charge on any atom is 0.416 e. The highest BCUT2D eigenvalue weighted by molar-refractivity contribution is 7.89. The predicted molar refractivity (Wildman–Crippen MR) is 158 cm³/mol. The van der Waals surface area contributed by atoms with E-state index in [9.17, 15) is 18.0 Å². The minimum atomic E-state index is -3.81. The van der Waals surface area contributed by atoms with E-state index < -0.39 is 21.7 Å². The highest BCUT2D eigenvalue weighted by Gasteiger charge is 2.29. The second-order valence-corrected chi connectivity index (χ2v) is 13.3. The number of benzene rings is 2. The first-order valence-corrected chi connectivity index (χ1v) is 15.3. The Balaban J connectivity index is 1.39. The number of amides is 1. The third-order valence-corrected chi connectivity index (χ3v) is 8.94. The molecule has 1 heterocycles. The molecule has 9 nitrogen and oxygen atoms in total. The fourth-order valence-electron chi connectivity index (χ4n) is 4.03. The van der Waals surface area contributed by atoms with Crippen LogP contribution in [0.4, 0.5) is 4.79 Å². The average Bonchev–Trinajstić information content (AvgIpc) is 3.38. The van der Waals surface area contributed by atoms with Crippen molar-refractivity contribution in [2.24, 2.45) is 4.99 Å². The van der Waals surface area contributed by atoms with Gasteiger partial charge in [0.05, 0.1) is 29.7 Å². The maximum absolute atomic E-state index is 12.8. The minimum Gasteiger partial charge on any atom is -0.443 e. The molecule has 0 spiro atoms. The summed E-state index contributed by atoms with van der Waals surface area (Å²) in [5.74, 6) is 0.613. The van der Waals surface area contributed by atoms with Gasteiger partial charge in [-0.2, -0.15) is 0 Å². The summed E-state index contributed by atoms with van der Waals surface area (Å²) in [6, 6.07) is 12.3. The molecule has 1 aliphatic rings. The molecule has 2 aromatic rings. The van der Waals surface area contributed by atoms with Crippen molar-refractivity contribution in [1.29, 1.82) is 0 Å². The summed E-state index contributed by atoms with van der Waals surface area (Å²) in [5.41, 5.74) is 1.35. The lowest BCUT2D eigenvalue weighted by Gasteiger charge is -2.25. The number of carbonyl (C=O) groups is 2. The molecule has 0 bridgehead atoms. The molecule has 0 aliphatic carbocycles. The summed E-state index contributed by atoms with van der Waals surface area (Å²) in [6.07, 6.45) is 0.957. The van der Waals surface area contributed by atoms with E-state index in [1.807, 2.05) is 45.0 Å². The van der Waals surface area contributed by atoms with Crippen LogP contribution in [0.3, 0.4) is 0 Å². The number of rotatable bonds is 12. The molecule has 0 fully saturated rings. The number of nitrogens with zero attached hydrogens (tertiary/aromatic N) is 3. The number of aliphatic imine (C=N–C) groups is 1. The van der Waals surface area contributed by atoms with Crippen molar-refractivity contribution < 1.29 is 22.7 Å². The molecule has 218 valence electrons. The van der Waals surface area contributed by atoms with Gasteiger partial charge in [0, 0.05) is 25.6 Å². The number of sulfonamides is 1. The Kier molecular flexibility index (Phi) is 11.1. The van der Waals surface area contributed by atoms with Gasteiger partial charge in [0.25, 0.3) is 0 Å². The number of Topliss-reactive ketones (excluding diaryl/α,β-unsaturated/α-hetero) is 1. The highest BCUT2D eigenvalue weighted by atomic mass is 35.5. The van der Waals surface area contributed by atoms with Gasteiger partial charge < -0.3 is 10.1 Å². The first-order chi connectivity index (χ1) is 18.8. The van der Waals surface area contributed by atoms with E-state index in [0.717, 1.165) is 17.5 Å². The third kappa shape index (κ3) is 8.75. The van der Waals surface area contributed by atoms with Crippen molar-refractivity contribution in [3.8, 4) is 0 Å². The van der Waals surface area contributed by atoms with Crippen molar-refractivity contribution in [2.45, 2.75) is 50.5 Å². The first kappa shape index (κ1) is 32.0. The van der Waals surface area contributed by atoms with Crippen molar-refractivity contribution in [2.75, 3.05) is 39.8 Å². The lowest BCUT2D eigenvalue weighted by molar-refractivity contribution is -0.118. The van der Waals surface area contributed by atoms with Crippen molar-refractivity contribution >= 4 is 50.9 Å². The molecule has 0 saturated heterocycles. The van der Waals surface area contributed by atoms with Crippen LogP contribution in [0.5, 0.6) is 0 Å². The fourth-order valence-corrected chi connectivity index (χ4v) is 5.97. The molecular weight excluding hydrogens is 575 g/mol. The van der Waals surface area contributed by atoms with E-state index in [0.29, 0.717) is 31.9 Å². The minimum absolute atomic E-state index is 0.00316. The Morgan fingerprint density at radius 3 is 2.50 bits per heavy atom. The largest absolute Gasteiger partial charge is 0.443 e. The van der Waals surface area contributed by atoms with Crippen molar-refractivity contribution in [3.05, 3.63) is 63.6 Å². The van der Waals surface area contributed by atoms with Gasteiger partial charge in [-0.1, -0.05) is 53.5 Å². The van der Waals surface area contributed by atoms with Crippen LogP contribution in [0, 0.1) is 0 Å². The molecule has 0 saturated carbocycles. The topological polar surface area (TPSA) is 108 Å². The number of carbonyl (C=O) groups excluding carboxylic acids is 2. The van der Waals surface area contributed by atoms with E-state index in [1.165, 1.54) is 29.6 Å². The van der Waals surface area contributed by atoms with Crippen LogP contribution in [-0.4, -0.2) is 80.7 Å². The number of hydrogen-bond donors (Lipinski definition) is 1. The van der Waals surface area contributed by atoms with E-state index in [-0.39, 0.29) is 40.2 Å². The Morgan fingerprint density at radius 2 is 1.82 bits per heavy atom. The predicted octanol–water partition coefficient (Wildman–Crippen LogP) is 4.79. The van der Waals surface area contributed by atoms with Crippen LogP contribution >= 0.6 is 23.2 Å². The average molecular weight is 612 g/mol. The standard InChI is InChI=1S/C28H36Cl2N4O5S/c1-28(2,3)39-27(36)34-18-16-32-26(34)21-12-10-20(11-13-21)14-15-31-19-22(35)7-6-17-33(4)40(37,38)24-9-5-8-23(29)25(24)30/h5,8-13,31H,6-7,14-19H2,1-4H3. The second-order valence-electron chi connectivity index (χ2n) is 10.5. The molecule has 1 N–H and O–H groups in total. The summed E-state index contributed by atoms with van der Waals surface area (Å²) in [4.78, 5) is 30.8. The highest BCUT2D eigenvalue weighted by Crippen LogP contribution is 2.30. The monoisotopic (exact) mass is 610 g/mol. The number of hydrogen-bond acceptors (Lipinski definition) is 7. The molecule has 0 unspecified atom stereocenters. The Morgan fingerprint density at radius 1 is 1.12 bits per heavy atom. The number of ether oxygens (including phenoxy) is 1. The third-order valence-electron chi connectivity index (χ3n) is 6.11. The smallest absolute Gasteiger partial charge is 0.416 e. The lowest BCUT2D eigenvalue weighted by Crippen LogP contribution is -2.39. The van der Waals surface area contributed by atoms with Crippen LogP contribution in [0.15, 0.2) is 52.4 Å². The molecular formula is C28H36Cl2N4O5S. The summed E-state index contributed by atoms with van der Waals surface area (Å²) < 4.78 is 32.2. The molecule has 12 heteroatoms. The normalized spacial score (nSPS) is 14.0. The van der Waals surface area contributed by atoms with Crippen LogP contribution in [0.25, 0.3) is 0 Å². The molecule has 0 aromatic heterocycles. The van der Waals surface area contributed by atoms with Crippen LogP contribution in [0.2, 0.25) is 10.0 Å². The summed E-state index contributed by atoms with van der Waals surface area (Å²) in [7, 11) is -2.35. The van der Waals surface area contributed by atoms with Gasteiger partial charge in [-0.05, 0) is 57.9 Å². The van der Waals surface area contributed by atoms with E-state index >= 15 is 0 Å². The van der Waals surface area contributed by atoms with E-state index in [2.05, 4.69) is 10.3 Å². The number of amidine groups is 1. The molecule has 3 rings (SSSR count). The number of halogens is 2. The lowest BCUT2D eigenvalue weighted by atomic mass is 10.1. The SMILES string of the molecule is CN(CCCC(=O)CNCCc1ccc(C2=NCCN2C(=O)OC(C)(C)C)cc1)S(=O)(=O)c1cccc(Cl)c1Cl. The molecule has 1 aliphatic heterocycles. The van der Waals surface area contributed by atoms with Crippen LogP contribution < -0.4 is 5.32 Å². The van der Waals surface area contributed by atoms with Crippen LogP contribution in [0.1, 0.15) is 44.7 Å². The van der Waals surface area contributed by atoms with Gasteiger partial charge in [0.2, 0.25) is 10.0 Å². The summed E-state index contributed by atoms with van der Waals surface area (Å²) in [5, 5.41) is 3.30. The Bertz CT molecular complexity index is 1340. The van der Waals surface area contributed by atoms with Gasteiger partial charge >= 0.3 is 6.09 Å². The maximum atomic E-state index is 12.8. The van der Waals surface area contributed by atoms with Crippen molar-refractivity contribution in [1.82, 2.24) is 14.5 Å².